The van der Waals surface area contributed by atoms with Crippen LogP contribution in [0.3, 0.4) is 0 Å². The predicted molar refractivity (Wildman–Crippen MR) is 111 cm³/mol. The van der Waals surface area contributed by atoms with Crippen molar-refractivity contribution >= 4 is 21.6 Å². The summed E-state index contributed by atoms with van der Waals surface area (Å²) < 4.78 is 44.3. The van der Waals surface area contributed by atoms with E-state index in [4.69, 9.17) is 0 Å². The van der Waals surface area contributed by atoms with Crippen LogP contribution in [0.1, 0.15) is 53.0 Å². The number of aromatic nitrogens is 1. The molecule has 0 atom stereocenters. The third-order valence-corrected chi connectivity index (χ3v) is 7.26. The van der Waals surface area contributed by atoms with Crippen molar-refractivity contribution in [1.29, 1.82) is 0 Å². The lowest BCUT2D eigenvalue weighted by Crippen LogP contribution is -2.33. The second-order valence-electron chi connectivity index (χ2n) is 7.71. The third-order valence-electron chi connectivity index (χ3n) is 5.73. The fourth-order valence-electron chi connectivity index (χ4n) is 3.87. The number of hydrogen-bond donors (Lipinski definition) is 1. The van der Waals surface area contributed by atoms with Gasteiger partial charge in [-0.1, -0.05) is 12.8 Å². The van der Waals surface area contributed by atoms with Crippen LogP contribution >= 0.6 is 0 Å². The molecular formula is C21H28FN3O3S. The highest BCUT2D eigenvalue weighted by atomic mass is 32.2. The molecule has 1 aromatic heterocycles. The number of hydrogen-bond acceptors (Lipinski definition) is 3. The van der Waals surface area contributed by atoms with E-state index in [0.717, 1.165) is 25.7 Å². The van der Waals surface area contributed by atoms with Crippen molar-refractivity contribution in [2.75, 3.05) is 17.8 Å². The summed E-state index contributed by atoms with van der Waals surface area (Å²) in [6.45, 7) is 6.36. The number of carbonyl (C=O) groups excluding carboxylic acids is 1. The van der Waals surface area contributed by atoms with Gasteiger partial charge in [0, 0.05) is 31.5 Å². The zero-order valence-electron chi connectivity index (χ0n) is 17.4. The number of nitrogens with one attached hydrogen (secondary N) is 1. The molecule has 0 bridgehead atoms. The van der Waals surface area contributed by atoms with Crippen molar-refractivity contribution < 1.29 is 17.6 Å². The minimum Gasteiger partial charge on any atom is -0.350 e. The standard InChI is InChI=1S/C21H28FN3O3S/c1-14-13-17(22)9-10-18(14)23-29(27,28)20-16(3)24(4)15(2)19(20)21(26)25-11-7-5-6-8-12-25/h9-10,13,23H,5-8,11-12H2,1-4H3. The molecule has 1 aromatic carbocycles. The average Bonchev–Trinajstić information content (AvgIpc) is 2.86. The molecule has 0 aliphatic carbocycles. The number of aryl methyl sites for hydroxylation is 1. The first-order valence-corrected chi connectivity index (χ1v) is 11.4. The lowest BCUT2D eigenvalue weighted by atomic mass is 10.2. The van der Waals surface area contributed by atoms with Crippen LogP contribution in [0.2, 0.25) is 0 Å². The lowest BCUT2D eigenvalue weighted by molar-refractivity contribution is 0.0757. The molecule has 1 N–H and O–H groups in total. The molecule has 1 amide bonds. The molecule has 0 radical (unpaired) electrons. The Morgan fingerprint density at radius 1 is 1.03 bits per heavy atom. The Hall–Kier alpha value is -2.35. The number of likely N-dealkylation sites (tertiary alicyclic amines) is 1. The van der Waals surface area contributed by atoms with E-state index in [-0.39, 0.29) is 16.4 Å². The quantitative estimate of drug-likeness (QED) is 0.814. The Labute approximate surface area is 171 Å². The molecule has 8 heteroatoms. The van der Waals surface area contributed by atoms with Gasteiger partial charge >= 0.3 is 0 Å². The fraction of sp³-hybridized carbons (Fsp3) is 0.476. The Balaban J connectivity index is 2.06. The molecule has 1 fully saturated rings. The van der Waals surface area contributed by atoms with Gasteiger partial charge in [0.2, 0.25) is 0 Å². The van der Waals surface area contributed by atoms with Gasteiger partial charge in [-0.15, -0.1) is 0 Å². The molecule has 0 unspecified atom stereocenters. The van der Waals surface area contributed by atoms with Gasteiger partial charge in [-0.2, -0.15) is 0 Å². The highest BCUT2D eigenvalue weighted by Gasteiger charge is 2.33. The van der Waals surface area contributed by atoms with Crippen LogP contribution in [-0.4, -0.2) is 36.9 Å². The highest BCUT2D eigenvalue weighted by molar-refractivity contribution is 7.92. The second kappa shape index (κ2) is 8.18. The van der Waals surface area contributed by atoms with Crippen LogP contribution < -0.4 is 4.72 Å². The monoisotopic (exact) mass is 421 g/mol. The van der Waals surface area contributed by atoms with E-state index in [0.29, 0.717) is 35.7 Å². The SMILES string of the molecule is Cc1cc(F)ccc1NS(=O)(=O)c1c(C(=O)N2CCCCCC2)c(C)n(C)c1C. The summed E-state index contributed by atoms with van der Waals surface area (Å²) in [4.78, 5) is 15.1. The van der Waals surface area contributed by atoms with Crippen molar-refractivity contribution in [1.82, 2.24) is 9.47 Å². The molecule has 2 heterocycles. The molecule has 29 heavy (non-hydrogen) atoms. The van der Waals surface area contributed by atoms with Crippen molar-refractivity contribution in [3.8, 4) is 0 Å². The molecule has 1 aliphatic rings. The number of carbonyl (C=O) groups is 1. The largest absolute Gasteiger partial charge is 0.350 e. The topological polar surface area (TPSA) is 71.4 Å². The molecule has 0 spiro atoms. The maximum Gasteiger partial charge on any atom is 0.264 e. The zero-order valence-corrected chi connectivity index (χ0v) is 18.2. The average molecular weight is 422 g/mol. The van der Waals surface area contributed by atoms with Gasteiger partial charge < -0.3 is 9.47 Å². The fourth-order valence-corrected chi connectivity index (χ4v) is 5.52. The molecule has 1 aliphatic heterocycles. The molecular weight excluding hydrogens is 393 g/mol. The van der Waals surface area contributed by atoms with E-state index in [1.807, 2.05) is 0 Å². The van der Waals surface area contributed by atoms with Gasteiger partial charge in [-0.25, -0.2) is 12.8 Å². The summed E-state index contributed by atoms with van der Waals surface area (Å²) in [6.07, 6.45) is 4.00. The van der Waals surface area contributed by atoms with Crippen molar-refractivity contribution in [3.05, 3.63) is 46.5 Å². The Bertz CT molecular complexity index is 1040. The number of rotatable bonds is 4. The molecule has 0 saturated carbocycles. The second-order valence-corrected chi connectivity index (χ2v) is 9.32. The minimum absolute atomic E-state index is 0.00419. The highest BCUT2D eigenvalue weighted by Crippen LogP contribution is 2.30. The number of anilines is 1. The van der Waals surface area contributed by atoms with Crippen molar-refractivity contribution in [3.63, 3.8) is 0 Å². The van der Waals surface area contributed by atoms with Gasteiger partial charge in [0.15, 0.2) is 0 Å². The number of amides is 1. The first-order valence-electron chi connectivity index (χ1n) is 9.87. The normalized spacial score (nSPS) is 15.3. The predicted octanol–water partition coefficient (Wildman–Crippen LogP) is 3.91. The number of halogens is 1. The van der Waals surface area contributed by atoms with Crippen LogP contribution in [0.4, 0.5) is 10.1 Å². The van der Waals surface area contributed by atoms with Crippen LogP contribution in [-0.2, 0) is 17.1 Å². The minimum atomic E-state index is -4.05. The van der Waals surface area contributed by atoms with Crippen molar-refractivity contribution in [2.24, 2.45) is 7.05 Å². The summed E-state index contributed by atoms with van der Waals surface area (Å²) in [5.74, 6) is -0.682. The summed E-state index contributed by atoms with van der Waals surface area (Å²) in [7, 11) is -2.29. The third kappa shape index (κ3) is 4.17. The van der Waals surface area contributed by atoms with E-state index in [2.05, 4.69) is 4.72 Å². The maximum absolute atomic E-state index is 13.4. The van der Waals surface area contributed by atoms with Crippen LogP contribution in [0.15, 0.2) is 23.1 Å². The lowest BCUT2D eigenvalue weighted by Gasteiger charge is -2.21. The van der Waals surface area contributed by atoms with Gasteiger partial charge in [0.1, 0.15) is 10.7 Å². The number of nitrogens with zero attached hydrogens (tertiary/aromatic N) is 2. The number of benzene rings is 1. The number of sulfonamides is 1. The van der Waals surface area contributed by atoms with E-state index >= 15 is 0 Å². The van der Waals surface area contributed by atoms with E-state index in [1.165, 1.54) is 18.2 Å². The van der Waals surface area contributed by atoms with Gasteiger partial charge in [-0.3, -0.25) is 9.52 Å². The van der Waals surface area contributed by atoms with Gasteiger partial charge in [-0.05, 0) is 57.4 Å². The molecule has 2 aromatic rings. The molecule has 158 valence electrons. The molecule has 3 rings (SSSR count). The van der Waals surface area contributed by atoms with E-state index in [1.54, 1.807) is 37.3 Å². The van der Waals surface area contributed by atoms with Gasteiger partial charge in [0.25, 0.3) is 15.9 Å². The maximum atomic E-state index is 13.4. The zero-order chi connectivity index (χ0) is 21.3. The van der Waals surface area contributed by atoms with Crippen LogP contribution in [0.5, 0.6) is 0 Å². The Morgan fingerprint density at radius 2 is 1.66 bits per heavy atom. The first kappa shape index (κ1) is 21.4. The van der Waals surface area contributed by atoms with E-state index < -0.39 is 15.8 Å². The summed E-state index contributed by atoms with van der Waals surface area (Å²) in [6, 6.07) is 3.87. The summed E-state index contributed by atoms with van der Waals surface area (Å²) in [5.41, 5.74) is 2.10. The Kier molecular flexibility index (Phi) is 6.03. The van der Waals surface area contributed by atoms with Crippen LogP contribution in [0, 0.1) is 26.6 Å². The summed E-state index contributed by atoms with van der Waals surface area (Å²) >= 11 is 0. The Morgan fingerprint density at radius 3 is 2.24 bits per heavy atom. The molecule has 1 saturated heterocycles. The molecule has 6 nitrogen and oxygen atoms in total. The van der Waals surface area contributed by atoms with Crippen molar-refractivity contribution in [2.45, 2.75) is 51.3 Å². The smallest absolute Gasteiger partial charge is 0.264 e. The summed E-state index contributed by atoms with van der Waals surface area (Å²) in [5, 5.41) is 0. The first-order chi connectivity index (χ1) is 13.6. The van der Waals surface area contributed by atoms with Gasteiger partial charge in [0.05, 0.1) is 11.3 Å². The van der Waals surface area contributed by atoms with E-state index in [9.17, 15) is 17.6 Å². The van der Waals surface area contributed by atoms with Crippen LogP contribution in [0.25, 0.3) is 0 Å².